The molecular weight excluding hydrogens is 188 g/mol. The number of esters is 2. The van der Waals surface area contributed by atoms with Crippen molar-refractivity contribution in [3.63, 3.8) is 0 Å². The molecule has 0 spiro atoms. The van der Waals surface area contributed by atoms with Gasteiger partial charge >= 0.3 is 11.9 Å². The number of carbonyl (C=O) groups excluding carboxylic acids is 3. The Kier molecular flexibility index (Phi) is 5.69. The molecule has 0 aromatic carbocycles. The van der Waals surface area contributed by atoms with Gasteiger partial charge in [-0.25, -0.2) is 9.59 Å². The van der Waals surface area contributed by atoms with Gasteiger partial charge in [-0.05, 0) is 12.2 Å². The highest BCUT2D eigenvalue weighted by Crippen LogP contribution is 1.85. The zero-order chi connectivity index (χ0) is 11.0. The average Bonchev–Trinajstić information content (AvgIpc) is 2.22. The number of hydrogen-bond donors (Lipinski definition) is 0. The van der Waals surface area contributed by atoms with E-state index in [4.69, 9.17) is 0 Å². The Morgan fingerprint density at radius 3 is 1.43 bits per heavy atom. The average molecular weight is 198 g/mol. The van der Waals surface area contributed by atoms with Crippen molar-refractivity contribution in [2.75, 3.05) is 14.2 Å². The number of ether oxygens (including phenoxy) is 2. The predicted octanol–water partition coefficient (Wildman–Crippen LogP) is 0.0139. The van der Waals surface area contributed by atoms with E-state index in [2.05, 4.69) is 9.47 Å². The Labute approximate surface area is 81.0 Å². The van der Waals surface area contributed by atoms with Gasteiger partial charge in [-0.15, -0.1) is 0 Å². The van der Waals surface area contributed by atoms with E-state index in [0.717, 1.165) is 24.3 Å². The van der Waals surface area contributed by atoms with Crippen LogP contribution in [-0.2, 0) is 23.9 Å². The number of hydrogen-bond acceptors (Lipinski definition) is 5. The Bertz CT molecular complexity index is 260. The number of rotatable bonds is 4. The van der Waals surface area contributed by atoms with Gasteiger partial charge < -0.3 is 9.47 Å². The van der Waals surface area contributed by atoms with E-state index in [9.17, 15) is 14.4 Å². The van der Waals surface area contributed by atoms with Gasteiger partial charge in [0, 0.05) is 12.2 Å². The number of allylic oxidation sites excluding steroid dienone is 2. The van der Waals surface area contributed by atoms with E-state index in [-0.39, 0.29) is 0 Å². The van der Waals surface area contributed by atoms with Gasteiger partial charge in [-0.1, -0.05) is 0 Å². The first kappa shape index (κ1) is 12.1. The normalized spacial score (nSPS) is 10.4. The second-order valence-corrected chi connectivity index (χ2v) is 2.12. The fraction of sp³-hybridized carbons (Fsp3) is 0.222. The minimum atomic E-state index is -0.634. The summed E-state index contributed by atoms with van der Waals surface area (Å²) in [4.78, 5) is 32.0. The summed E-state index contributed by atoms with van der Waals surface area (Å²) >= 11 is 0. The second-order valence-electron chi connectivity index (χ2n) is 2.12. The Morgan fingerprint density at radius 2 is 1.14 bits per heavy atom. The molecule has 0 saturated heterocycles. The fourth-order valence-electron chi connectivity index (χ4n) is 0.492. The standard InChI is InChI=1S/C9H10O5/c1-13-8(11)5-3-7(10)4-6-9(12)14-2/h3-6H,1-2H3. The molecular formula is C9H10O5. The minimum Gasteiger partial charge on any atom is -0.466 e. The molecule has 0 unspecified atom stereocenters. The van der Waals surface area contributed by atoms with Gasteiger partial charge in [0.05, 0.1) is 14.2 Å². The molecule has 0 bridgehead atoms. The molecule has 0 fully saturated rings. The zero-order valence-corrected chi connectivity index (χ0v) is 7.85. The first-order chi connectivity index (χ1) is 6.60. The van der Waals surface area contributed by atoms with E-state index in [1.54, 1.807) is 0 Å². The molecule has 5 nitrogen and oxygen atoms in total. The van der Waals surface area contributed by atoms with Crippen LogP contribution < -0.4 is 0 Å². The molecule has 0 amide bonds. The summed E-state index contributed by atoms with van der Waals surface area (Å²) in [6.45, 7) is 0. The summed E-state index contributed by atoms with van der Waals surface area (Å²) in [7, 11) is 2.39. The molecule has 5 heteroatoms. The number of methoxy groups -OCH3 is 2. The lowest BCUT2D eigenvalue weighted by Crippen LogP contribution is -1.98. The van der Waals surface area contributed by atoms with Gasteiger partial charge in [0.2, 0.25) is 0 Å². The third-order valence-electron chi connectivity index (χ3n) is 1.17. The zero-order valence-electron chi connectivity index (χ0n) is 7.85. The minimum absolute atomic E-state index is 0.499. The summed E-state index contributed by atoms with van der Waals surface area (Å²) in [5.74, 6) is -1.77. The van der Waals surface area contributed by atoms with Crippen molar-refractivity contribution >= 4 is 17.7 Å². The van der Waals surface area contributed by atoms with Crippen molar-refractivity contribution in [3.05, 3.63) is 24.3 Å². The molecule has 0 aromatic heterocycles. The third-order valence-corrected chi connectivity index (χ3v) is 1.17. The topological polar surface area (TPSA) is 69.7 Å². The van der Waals surface area contributed by atoms with Crippen molar-refractivity contribution in [2.24, 2.45) is 0 Å². The molecule has 0 rings (SSSR count). The molecule has 14 heavy (non-hydrogen) atoms. The van der Waals surface area contributed by atoms with E-state index >= 15 is 0 Å². The van der Waals surface area contributed by atoms with E-state index < -0.39 is 17.7 Å². The maximum absolute atomic E-state index is 10.9. The predicted molar refractivity (Wildman–Crippen MR) is 47.3 cm³/mol. The first-order valence-corrected chi connectivity index (χ1v) is 3.66. The van der Waals surface area contributed by atoms with Crippen LogP contribution in [0.5, 0.6) is 0 Å². The van der Waals surface area contributed by atoms with Crippen LogP contribution in [0.2, 0.25) is 0 Å². The maximum Gasteiger partial charge on any atom is 0.330 e. The van der Waals surface area contributed by atoms with Crippen LogP contribution in [0.1, 0.15) is 0 Å². The Hall–Kier alpha value is -1.91. The van der Waals surface area contributed by atoms with Crippen LogP contribution in [0.25, 0.3) is 0 Å². The van der Waals surface area contributed by atoms with Crippen LogP contribution in [0.4, 0.5) is 0 Å². The van der Waals surface area contributed by atoms with Crippen LogP contribution in [-0.4, -0.2) is 31.9 Å². The molecule has 0 radical (unpaired) electrons. The summed E-state index contributed by atoms with van der Waals surface area (Å²) in [5.41, 5.74) is 0. The second kappa shape index (κ2) is 6.59. The highest BCUT2D eigenvalue weighted by molar-refractivity contribution is 6.05. The first-order valence-electron chi connectivity index (χ1n) is 3.66. The lowest BCUT2D eigenvalue weighted by Gasteiger charge is -1.88. The monoisotopic (exact) mass is 198 g/mol. The molecule has 0 heterocycles. The lowest BCUT2D eigenvalue weighted by atomic mass is 10.3. The molecule has 76 valence electrons. The number of carbonyl (C=O) groups is 3. The van der Waals surface area contributed by atoms with Crippen LogP contribution >= 0.6 is 0 Å². The van der Waals surface area contributed by atoms with Crippen molar-refractivity contribution in [1.29, 1.82) is 0 Å². The SMILES string of the molecule is COC(=O)C=CC(=O)C=CC(=O)OC. The molecule has 0 atom stereocenters. The lowest BCUT2D eigenvalue weighted by molar-refractivity contribution is -0.135. The highest BCUT2D eigenvalue weighted by Gasteiger charge is 1.96. The highest BCUT2D eigenvalue weighted by atomic mass is 16.5. The van der Waals surface area contributed by atoms with Crippen molar-refractivity contribution < 1.29 is 23.9 Å². The summed E-state index contributed by atoms with van der Waals surface area (Å²) in [6, 6.07) is 0. The van der Waals surface area contributed by atoms with Crippen molar-refractivity contribution in [1.82, 2.24) is 0 Å². The van der Waals surface area contributed by atoms with Gasteiger partial charge in [0.25, 0.3) is 0 Å². The smallest absolute Gasteiger partial charge is 0.330 e. The third kappa shape index (κ3) is 5.70. The van der Waals surface area contributed by atoms with Crippen LogP contribution in [0.15, 0.2) is 24.3 Å². The summed E-state index contributed by atoms with van der Waals surface area (Å²) < 4.78 is 8.51. The van der Waals surface area contributed by atoms with E-state index in [1.165, 1.54) is 14.2 Å². The fourth-order valence-corrected chi connectivity index (χ4v) is 0.492. The van der Waals surface area contributed by atoms with Gasteiger partial charge in [0.15, 0.2) is 5.78 Å². The largest absolute Gasteiger partial charge is 0.466 e. The quantitative estimate of drug-likeness (QED) is 0.470. The van der Waals surface area contributed by atoms with Gasteiger partial charge in [-0.2, -0.15) is 0 Å². The molecule has 0 aliphatic rings. The molecule has 0 aliphatic carbocycles. The van der Waals surface area contributed by atoms with E-state index in [0.29, 0.717) is 0 Å². The maximum atomic E-state index is 10.9. The Balaban J connectivity index is 4.11. The van der Waals surface area contributed by atoms with E-state index in [1.807, 2.05) is 0 Å². The molecule has 0 aromatic rings. The van der Waals surface area contributed by atoms with Gasteiger partial charge in [0.1, 0.15) is 0 Å². The van der Waals surface area contributed by atoms with Crippen molar-refractivity contribution in [2.45, 2.75) is 0 Å². The summed E-state index contributed by atoms with van der Waals surface area (Å²) in [6.07, 6.45) is 3.91. The molecule has 0 N–H and O–H groups in total. The molecule has 0 aliphatic heterocycles. The Morgan fingerprint density at radius 1 is 0.786 bits per heavy atom. The number of ketones is 1. The van der Waals surface area contributed by atoms with Crippen molar-refractivity contribution in [3.8, 4) is 0 Å². The van der Waals surface area contributed by atoms with Crippen LogP contribution in [0.3, 0.4) is 0 Å². The molecule has 0 saturated carbocycles. The van der Waals surface area contributed by atoms with Gasteiger partial charge in [-0.3, -0.25) is 4.79 Å². The van der Waals surface area contributed by atoms with Crippen LogP contribution in [0, 0.1) is 0 Å². The summed E-state index contributed by atoms with van der Waals surface area (Å²) in [5, 5.41) is 0.